The molecule has 2 nitrogen and oxygen atoms in total. The van der Waals surface area contributed by atoms with Gasteiger partial charge >= 0.3 is 0 Å². The number of amides is 1. The maximum Gasteiger partial charge on any atom is 0.225 e. The molecule has 0 aromatic rings. The third kappa shape index (κ3) is 5.26. The molecule has 1 atom stereocenters. The first kappa shape index (κ1) is 17.3. The molecule has 2 rings (SSSR count). The molecule has 0 spiro atoms. The number of unbranched alkanes of at least 4 members (excludes halogenated alkanes) is 1. The SMILES string of the molecule is CCCCC1CCC(C(=O)N2CCCC(CCBr)C2)CC1. The van der Waals surface area contributed by atoms with Crippen molar-refractivity contribution < 1.29 is 4.79 Å². The lowest BCUT2D eigenvalue weighted by atomic mass is 9.79. The van der Waals surface area contributed by atoms with E-state index in [-0.39, 0.29) is 0 Å². The van der Waals surface area contributed by atoms with E-state index < -0.39 is 0 Å². The number of piperidine rings is 1. The van der Waals surface area contributed by atoms with Gasteiger partial charge in [-0.1, -0.05) is 42.1 Å². The molecule has 0 bridgehead atoms. The van der Waals surface area contributed by atoms with E-state index in [0.29, 0.717) is 11.8 Å². The van der Waals surface area contributed by atoms with Crippen LogP contribution in [0.15, 0.2) is 0 Å². The predicted octanol–water partition coefficient (Wildman–Crippen LogP) is 5.01. The number of carbonyl (C=O) groups is 1. The molecular weight excluding hydrogens is 326 g/mol. The molecule has 1 aliphatic heterocycles. The monoisotopic (exact) mass is 357 g/mol. The fraction of sp³-hybridized carbons (Fsp3) is 0.944. The standard InChI is InChI=1S/C18H32BrNO/c1-2-3-5-15-7-9-17(10-8-15)18(21)20-13-4-6-16(14-20)11-12-19/h15-17H,2-14H2,1H3. The molecule has 0 aromatic carbocycles. The third-order valence-electron chi connectivity index (χ3n) is 5.51. The summed E-state index contributed by atoms with van der Waals surface area (Å²) in [5.41, 5.74) is 0. The minimum absolute atomic E-state index is 0.339. The molecule has 21 heavy (non-hydrogen) atoms. The summed E-state index contributed by atoms with van der Waals surface area (Å²) in [5, 5.41) is 1.07. The van der Waals surface area contributed by atoms with Crippen LogP contribution in [-0.4, -0.2) is 29.2 Å². The zero-order valence-corrected chi connectivity index (χ0v) is 15.2. The van der Waals surface area contributed by atoms with Gasteiger partial charge < -0.3 is 4.90 Å². The Morgan fingerprint density at radius 1 is 1.10 bits per heavy atom. The van der Waals surface area contributed by atoms with Crippen molar-refractivity contribution in [2.45, 2.75) is 71.1 Å². The van der Waals surface area contributed by atoms with E-state index in [4.69, 9.17) is 0 Å². The van der Waals surface area contributed by atoms with Crippen molar-refractivity contribution in [3.05, 3.63) is 0 Å². The number of halogens is 1. The average molecular weight is 358 g/mol. The van der Waals surface area contributed by atoms with Gasteiger partial charge in [-0.15, -0.1) is 0 Å². The summed E-state index contributed by atoms with van der Waals surface area (Å²) < 4.78 is 0. The number of likely N-dealkylation sites (tertiary alicyclic amines) is 1. The van der Waals surface area contributed by atoms with Crippen molar-refractivity contribution in [2.75, 3.05) is 18.4 Å². The van der Waals surface area contributed by atoms with Gasteiger partial charge in [0.1, 0.15) is 0 Å². The number of alkyl halides is 1. The largest absolute Gasteiger partial charge is 0.342 e. The minimum atomic E-state index is 0.339. The molecule has 1 aliphatic carbocycles. The molecule has 1 heterocycles. The molecule has 1 amide bonds. The summed E-state index contributed by atoms with van der Waals surface area (Å²) in [6, 6.07) is 0. The molecule has 122 valence electrons. The van der Waals surface area contributed by atoms with E-state index in [1.807, 2.05) is 0 Å². The first-order valence-electron chi connectivity index (χ1n) is 9.09. The summed E-state index contributed by atoms with van der Waals surface area (Å²) in [6.07, 6.45) is 12.6. The Hall–Kier alpha value is -0.0500. The van der Waals surface area contributed by atoms with Crippen LogP contribution in [0.5, 0.6) is 0 Å². The Bertz CT molecular complexity index is 310. The second-order valence-electron chi connectivity index (χ2n) is 7.13. The molecule has 0 radical (unpaired) electrons. The zero-order chi connectivity index (χ0) is 15.1. The van der Waals surface area contributed by atoms with E-state index in [9.17, 15) is 4.79 Å². The number of rotatable bonds is 6. The van der Waals surface area contributed by atoms with Crippen molar-refractivity contribution in [3.8, 4) is 0 Å². The van der Waals surface area contributed by atoms with Gasteiger partial charge in [-0.2, -0.15) is 0 Å². The smallest absolute Gasteiger partial charge is 0.225 e. The summed E-state index contributed by atoms with van der Waals surface area (Å²) in [7, 11) is 0. The predicted molar refractivity (Wildman–Crippen MR) is 92.7 cm³/mol. The molecular formula is C18H32BrNO. The van der Waals surface area contributed by atoms with Crippen LogP contribution in [0.4, 0.5) is 0 Å². The van der Waals surface area contributed by atoms with Gasteiger partial charge in [0.2, 0.25) is 5.91 Å². The Labute approximate surface area is 139 Å². The Morgan fingerprint density at radius 3 is 2.52 bits per heavy atom. The first-order chi connectivity index (χ1) is 10.2. The van der Waals surface area contributed by atoms with Gasteiger partial charge in [-0.3, -0.25) is 4.79 Å². The van der Waals surface area contributed by atoms with Gasteiger partial charge in [0.05, 0.1) is 0 Å². The topological polar surface area (TPSA) is 20.3 Å². The van der Waals surface area contributed by atoms with Crippen LogP contribution in [0, 0.1) is 17.8 Å². The summed E-state index contributed by atoms with van der Waals surface area (Å²) >= 11 is 3.54. The quantitative estimate of drug-likeness (QED) is 0.612. The number of carbonyl (C=O) groups excluding carboxylic acids is 1. The lowest BCUT2D eigenvalue weighted by Gasteiger charge is -2.37. The summed E-state index contributed by atoms with van der Waals surface area (Å²) in [6.45, 7) is 4.29. The molecule has 1 saturated heterocycles. The molecule has 0 N–H and O–H groups in total. The first-order valence-corrected chi connectivity index (χ1v) is 10.2. The van der Waals surface area contributed by atoms with Gasteiger partial charge in [-0.05, 0) is 56.8 Å². The van der Waals surface area contributed by atoms with E-state index in [1.54, 1.807) is 0 Å². The van der Waals surface area contributed by atoms with Crippen LogP contribution in [0.25, 0.3) is 0 Å². The van der Waals surface area contributed by atoms with Crippen molar-refractivity contribution in [1.29, 1.82) is 0 Å². The molecule has 2 fully saturated rings. The number of hydrogen-bond acceptors (Lipinski definition) is 1. The molecule has 1 unspecified atom stereocenters. The summed E-state index contributed by atoms with van der Waals surface area (Å²) in [5.74, 6) is 2.44. The van der Waals surface area contributed by atoms with E-state index in [0.717, 1.165) is 43.1 Å². The minimum Gasteiger partial charge on any atom is -0.342 e. The normalized spacial score (nSPS) is 30.4. The van der Waals surface area contributed by atoms with Gasteiger partial charge in [0.15, 0.2) is 0 Å². The highest BCUT2D eigenvalue weighted by Crippen LogP contribution is 2.33. The highest BCUT2D eigenvalue weighted by Gasteiger charge is 2.31. The second kappa shape index (κ2) is 9.17. The van der Waals surface area contributed by atoms with Crippen LogP contribution in [-0.2, 0) is 4.79 Å². The van der Waals surface area contributed by atoms with Crippen LogP contribution in [0.1, 0.15) is 71.1 Å². The average Bonchev–Trinajstić information content (AvgIpc) is 2.53. The highest BCUT2D eigenvalue weighted by molar-refractivity contribution is 9.09. The fourth-order valence-corrected chi connectivity index (χ4v) is 4.75. The third-order valence-corrected chi connectivity index (χ3v) is 5.97. The Kier molecular flexibility index (Phi) is 7.56. The fourth-order valence-electron chi connectivity index (χ4n) is 4.10. The van der Waals surface area contributed by atoms with Crippen molar-refractivity contribution >= 4 is 21.8 Å². The van der Waals surface area contributed by atoms with Gasteiger partial charge in [0, 0.05) is 24.3 Å². The van der Waals surface area contributed by atoms with Crippen molar-refractivity contribution in [2.24, 2.45) is 17.8 Å². The molecule has 2 aliphatic rings. The lowest BCUT2D eigenvalue weighted by Crippen LogP contribution is -2.43. The molecule has 0 aromatic heterocycles. The Morgan fingerprint density at radius 2 is 1.86 bits per heavy atom. The van der Waals surface area contributed by atoms with Gasteiger partial charge in [-0.25, -0.2) is 0 Å². The van der Waals surface area contributed by atoms with E-state index in [2.05, 4.69) is 27.8 Å². The van der Waals surface area contributed by atoms with Crippen molar-refractivity contribution in [1.82, 2.24) is 4.90 Å². The lowest BCUT2D eigenvalue weighted by molar-refractivity contribution is -0.138. The Balaban J connectivity index is 1.76. The molecule has 3 heteroatoms. The van der Waals surface area contributed by atoms with Crippen LogP contribution in [0.2, 0.25) is 0 Å². The molecule has 1 saturated carbocycles. The van der Waals surface area contributed by atoms with Crippen LogP contribution in [0.3, 0.4) is 0 Å². The van der Waals surface area contributed by atoms with Crippen LogP contribution < -0.4 is 0 Å². The van der Waals surface area contributed by atoms with E-state index in [1.165, 1.54) is 51.4 Å². The maximum atomic E-state index is 12.7. The highest BCUT2D eigenvalue weighted by atomic mass is 79.9. The number of hydrogen-bond donors (Lipinski definition) is 0. The maximum absolute atomic E-state index is 12.7. The number of nitrogens with zero attached hydrogens (tertiary/aromatic N) is 1. The van der Waals surface area contributed by atoms with Crippen molar-refractivity contribution in [3.63, 3.8) is 0 Å². The van der Waals surface area contributed by atoms with Gasteiger partial charge in [0.25, 0.3) is 0 Å². The van der Waals surface area contributed by atoms with Crippen LogP contribution >= 0.6 is 15.9 Å². The zero-order valence-electron chi connectivity index (χ0n) is 13.7. The van der Waals surface area contributed by atoms with E-state index >= 15 is 0 Å². The second-order valence-corrected chi connectivity index (χ2v) is 7.92. The summed E-state index contributed by atoms with van der Waals surface area (Å²) in [4.78, 5) is 14.9.